The molecule has 1 N–H and O–H groups in total. The molecule has 5 heteroatoms. The van der Waals surface area contributed by atoms with Gasteiger partial charge in [-0.1, -0.05) is 35.1 Å². The number of benzene rings is 2. The van der Waals surface area contributed by atoms with Crippen molar-refractivity contribution in [3.05, 3.63) is 53.1 Å². The van der Waals surface area contributed by atoms with Crippen LogP contribution in [0.15, 0.2) is 42.5 Å². The smallest absolute Gasteiger partial charge is 0.188 e. The number of ether oxygens (including phenoxy) is 1. The molecule has 1 aromatic heterocycles. The molecule has 0 saturated carbocycles. The predicted octanol–water partition coefficient (Wildman–Crippen LogP) is 4.84. The number of hydrogen-bond acceptors (Lipinski definition) is 4. The highest BCUT2D eigenvalue weighted by Crippen LogP contribution is 2.30. The summed E-state index contributed by atoms with van der Waals surface area (Å²) in [5.41, 5.74) is 3.08. The van der Waals surface area contributed by atoms with Crippen LogP contribution in [0.2, 0.25) is 5.02 Å². The molecule has 0 bridgehead atoms. The van der Waals surface area contributed by atoms with Gasteiger partial charge in [0.1, 0.15) is 0 Å². The number of rotatable bonds is 4. The van der Waals surface area contributed by atoms with Crippen LogP contribution >= 0.6 is 22.9 Å². The molecule has 0 unspecified atom stereocenters. The monoisotopic (exact) mass is 304 g/mol. The van der Waals surface area contributed by atoms with Crippen molar-refractivity contribution in [2.24, 2.45) is 0 Å². The molecule has 102 valence electrons. The zero-order valence-electron chi connectivity index (χ0n) is 10.9. The molecule has 3 nitrogen and oxygen atoms in total. The van der Waals surface area contributed by atoms with Gasteiger partial charge in [0.05, 0.1) is 16.8 Å². The Labute approximate surface area is 126 Å². The Morgan fingerprint density at radius 1 is 1.25 bits per heavy atom. The fourth-order valence-corrected chi connectivity index (χ4v) is 3.14. The van der Waals surface area contributed by atoms with E-state index in [2.05, 4.69) is 16.4 Å². The van der Waals surface area contributed by atoms with Gasteiger partial charge in [-0.3, -0.25) is 0 Å². The van der Waals surface area contributed by atoms with Crippen molar-refractivity contribution in [2.75, 3.05) is 12.4 Å². The van der Waals surface area contributed by atoms with Crippen molar-refractivity contribution >= 4 is 44.0 Å². The van der Waals surface area contributed by atoms with Crippen LogP contribution in [0.4, 0.5) is 10.8 Å². The topological polar surface area (TPSA) is 34.1 Å². The summed E-state index contributed by atoms with van der Waals surface area (Å²) in [5.74, 6) is 0. The summed E-state index contributed by atoms with van der Waals surface area (Å²) in [6, 6.07) is 13.8. The first-order chi connectivity index (χ1) is 9.74. The Morgan fingerprint density at radius 2 is 2.15 bits per heavy atom. The fraction of sp³-hybridized carbons (Fsp3) is 0.133. The molecular weight excluding hydrogens is 292 g/mol. The van der Waals surface area contributed by atoms with E-state index in [1.54, 1.807) is 18.4 Å². The third kappa shape index (κ3) is 2.93. The summed E-state index contributed by atoms with van der Waals surface area (Å²) in [6.07, 6.45) is 0. The molecule has 3 aromatic rings. The first-order valence-electron chi connectivity index (χ1n) is 6.15. The standard InChI is InChI=1S/C15H13ClN2OS/c1-19-9-10-3-2-4-12(7-10)17-15-18-13-6-5-11(16)8-14(13)20-15/h2-8H,9H2,1H3,(H,17,18). The third-order valence-corrected chi connectivity index (χ3v) is 4.01. The molecule has 0 radical (unpaired) electrons. The number of hydrogen-bond donors (Lipinski definition) is 1. The second kappa shape index (κ2) is 5.79. The van der Waals surface area contributed by atoms with E-state index in [4.69, 9.17) is 16.3 Å². The SMILES string of the molecule is COCc1cccc(Nc2nc3ccc(Cl)cc3s2)c1. The minimum absolute atomic E-state index is 0.602. The molecule has 0 atom stereocenters. The van der Waals surface area contributed by atoms with Gasteiger partial charge < -0.3 is 10.1 Å². The van der Waals surface area contributed by atoms with Gasteiger partial charge in [-0.2, -0.15) is 0 Å². The van der Waals surface area contributed by atoms with E-state index in [1.807, 2.05) is 36.4 Å². The van der Waals surface area contributed by atoms with Crippen LogP contribution in [-0.4, -0.2) is 12.1 Å². The number of anilines is 2. The first-order valence-corrected chi connectivity index (χ1v) is 7.35. The van der Waals surface area contributed by atoms with Crippen LogP contribution < -0.4 is 5.32 Å². The van der Waals surface area contributed by atoms with E-state index in [1.165, 1.54) is 0 Å². The van der Waals surface area contributed by atoms with Crippen LogP contribution in [0.3, 0.4) is 0 Å². The van der Waals surface area contributed by atoms with E-state index in [-0.39, 0.29) is 0 Å². The number of nitrogens with one attached hydrogen (secondary N) is 1. The lowest BCUT2D eigenvalue weighted by Gasteiger charge is -2.05. The molecule has 0 amide bonds. The summed E-state index contributed by atoms with van der Waals surface area (Å²) < 4.78 is 6.22. The number of thiazole rings is 1. The molecular formula is C15H13ClN2OS. The van der Waals surface area contributed by atoms with Gasteiger partial charge in [0.15, 0.2) is 5.13 Å². The van der Waals surface area contributed by atoms with Crippen molar-refractivity contribution in [3.63, 3.8) is 0 Å². The Kier molecular flexibility index (Phi) is 3.87. The Morgan fingerprint density at radius 3 is 3.00 bits per heavy atom. The van der Waals surface area contributed by atoms with Crippen LogP contribution in [0.1, 0.15) is 5.56 Å². The number of fused-ring (bicyclic) bond motifs is 1. The highest BCUT2D eigenvalue weighted by Gasteiger charge is 2.05. The minimum Gasteiger partial charge on any atom is -0.380 e. The van der Waals surface area contributed by atoms with E-state index < -0.39 is 0 Å². The predicted molar refractivity (Wildman–Crippen MR) is 85.1 cm³/mol. The average molecular weight is 305 g/mol. The second-order valence-electron chi connectivity index (χ2n) is 4.39. The summed E-state index contributed by atoms with van der Waals surface area (Å²) in [7, 11) is 1.69. The van der Waals surface area contributed by atoms with Gasteiger partial charge in [-0.15, -0.1) is 0 Å². The number of nitrogens with zero attached hydrogens (tertiary/aromatic N) is 1. The largest absolute Gasteiger partial charge is 0.380 e. The van der Waals surface area contributed by atoms with E-state index in [9.17, 15) is 0 Å². The van der Waals surface area contributed by atoms with Gasteiger partial charge in [0, 0.05) is 17.8 Å². The van der Waals surface area contributed by atoms with Crippen molar-refractivity contribution in [2.45, 2.75) is 6.61 Å². The van der Waals surface area contributed by atoms with Crippen molar-refractivity contribution in [1.82, 2.24) is 4.98 Å². The van der Waals surface area contributed by atoms with Gasteiger partial charge in [0.25, 0.3) is 0 Å². The molecule has 0 fully saturated rings. The minimum atomic E-state index is 0.602. The second-order valence-corrected chi connectivity index (χ2v) is 5.86. The first kappa shape index (κ1) is 13.4. The molecule has 0 aliphatic heterocycles. The fourth-order valence-electron chi connectivity index (χ4n) is 1.98. The van der Waals surface area contributed by atoms with Crippen molar-refractivity contribution in [3.8, 4) is 0 Å². The van der Waals surface area contributed by atoms with E-state index >= 15 is 0 Å². The lowest BCUT2D eigenvalue weighted by Crippen LogP contribution is -1.92. The van der Waals surface area contributed by atoms with Crippen LogP contribution in [0.5, 0.6) is 0 Å². The molecule has 2 aromatic carbocycles. The molecule has 0 aliphatic carbocycles. The van der Waals surface area contributed by atoms with E-state index in [0.29, 0.717) is 6.61 Å². The normalized spacial score (nSPS) is 10.9. The summed E-state index contributed by atoms with van der Waals surface area (Å²) in [4.78, 5) is 4.54. The van der Waals surface area contributed by atoms with E-state index in [0.717, 1.165) is 31.6 Å². The van der Waals surface area contributed by atoms with Gasteiger partial charge in [0.2, 0.25) is 0 Å². The van der Waals surface area contributed by atoms with Gasteiger partial charge in [-0.25, -0.2) is 4.98 Å². The summed E-state index contributed by atoms with van der Waals surface area (Å²) in [6.45, 7) is 0.602. The highest BCUT2D eigenvalue weighted by molar-refractivity contribution is 7.22. The van der Waals surface area contributed by atoms with Crippen LogP contribution in [0.25, 0.3) is 10.2 Å². The maximum absolute atomic E-state index is 5.99. The van der Waals surface area contributed by atoms with Gasteiger partial charge in [-0.05, 0) is 35.9 Å². The van der Waals surface area contributed by atoms with Gasteiger partial charge >= 0.3 is 0 Å². The molecule has 0 saturated heterocycles. The Hall–Kier alpha value is -1.62. The zero-order chi connectivity index (χ0) is 13.9. The number of aromatic nitrogens is 1. The molecule has 1 heterocycles. The molecule has 0 spiro atoms. The molecule has 0 aliphatic rings. The van der Waals surface area contributed by atoms with Crippen LogP contribution in [0, 0.1) is 0 Å². The van der Waals surface area contributed by atoms with Crippen LogP contribution in [-0.2, 0) is 11.3 Å². The number of halogens is 1. The Bertz CT molecular complexity index is 742. The Balaban J connectivity index is 1.87. The quantitative estimate of drug-likeness (QED) is 0.749. The van der Waals surface area contributed by atoms with Crippen molar-refractivity contribution < 1.29 is 4.74 Å². The molecule has 3 rings (SSSR count). The molecule has 20 heavy (non-hydrogen) atoms. The summed E-state index contributed by atoms with van der Waals surface area (Å²) in [5, 5.41) is 4.91. The zero-order valence-corrected chi connectivity index (χ0v) is 12.5. The van der Waals surface area contributed by atoms with Crippen molar-refractivity contribution in [1.29, 1.82) is 0 Å². The average Bonchev–Trinajstić information content (AvgIpc) is 2.81. The lowest BCUT2D eigenvalue weighted by molar-refractivity contribution is 0.185. The highest BCUT2D eigenvalue weighted by atomic mass is 35.5. The summed E-state index contributed by atoms with van der Waals surface area (Å²) >= 11 is 7.58. The third-order valence-electron chi connectivity index (χ3n) is 2.84. The lowest BCUT2D eigenvalue weighted by atomic mass is 10.2. The maximum Gasteiger partial charge on any atom is 0.188 e. The number of methoxy groups -OCH3 is 1. The maximum atomic E-state index is 5.99.